The van der Waals surface area contributed by atoms with Crippen molar-refractivity contribution in [3.63, 3.8) is 0 Å². The van der Waals surface area contributed by atoms with E-state index < -0.39 is 11.7 Å². The van der Waals surface area contributed by atoms with Gasteiger partial charge in [0.15, 0.2) is 0 Å². The third kappa shape index (κ3) is 3.21. The molecule has 0 heterocycles. The van der Waals surface area contributed by atoms with Gasteiger partial charge in [-0.1, -0.05) is 18.2 Å². The average molecular weight is 233 g/mol. The second-order valence-electron chi connectivity index (χ2n) is 3.51. The van der Waals surface area contributed by atoms with Crippen molar-refractivity contribution in [1.82, 2.24) is 0 Å². The fourth-order valence-electron chi connectivity index (χ4n) is 1.47. The largest absolute Gasteiger partial charge is 0.416 e. The molecule has 0 aliphatic rings. The minimum atomic E-state index is -4.32. The average Bonchev–Trinajstić information content (AvgIpc) is 2.25. The lowest BCUT2D eigenvalue weighted by Crippen LogP contribution is -2.18. The van der Waals surface area contributed by atoms with Crippen LogP contribution in [0.25, 0.3) is 0 Å². The Morgan fingerprint density at radius 3 is 2.56 bits per heavy atom. The quantitative estimate of drug-likeness (QED) is 0.866. The zero-order valence-electron chi connectivity index (χ0n) is 8.92. The van der Waals surface area contributed by atoms with E-state index in [1.54, 1.807) is 6.07 Å². The Labute approximate surface area is 92.2 Å². The zero-order chi connectivity index (χ0) is 12.2. The number of methoxy groups -OCH3 is 1. The van der Waals surface area contributed by atoms with Gasteiger partial charge in [-0.2, -0.15) is 13.2 Å². The summed E-state index contributed by atoms with van der Waals surface area (Å²) in [5, 5.41) is 0. The molecule has 1 aromatic carbocycles. The van der Waals surface area contributed by atoms with Gasteiger partial charge in [0.05, 0.1) is 12.2 Å². The molecule has 1 rings (SSSR count). The number of ether oxygens (including phenoxy) is 1. The van der Waals surface area contributed by atoms with E-state index in [1.165, 1.54) is 13.2 Å². The topological polar surface area (TPSA) is 35.2 Å². The van der Waals surface area contributed by atoms with Gasteiger partial charge in [-0.25, -0.2) is 0 Å². The van der Waals surface area contributed by atoms with E-state index in [4.69, 9.17) is 10.5 Å². The minimum absolute atomic E-state index is 0.202. The van der Waals surface area contributed by atoms with Crippen molar-refractivity contribution < 1.29 is 17.9 Å². The van der Waals surface area contributed by atoms with E-state index in [9.17, 15) is 13.2 Å². The normalized spacial score (nSPS) is 13.8. The van der Waals surface area contributed by atoms with Gasteiger partial charge in [0.2, 0.25) is 0 Å². The van der Waals surface area contributed by atoms with Crippen LogP contribution < -0.4 is 5.73 Å². The third-order valence-corrected chi connectivity index (χ3v) is 2.34. The molecular formula is C11H14F3NO. The maximum atomic E-state index is 12.5. The molecule has 0 fully saturated rings. The van der Waals surface area contributed by atoms with Crippen molar-refractivity contribution in [3.8, 4) is 0 Å². The molecule has 2 nitrogen and oxygen atoms in total. The second kappa shape index (κ2) is 5.32. The van der Waals surface area contributed by atoms with Gasteiger partial charge in [-0.05, 0) is 11.6 Å². The fraction of sp³-hybridized carbons (Fsp3) is 0.455. The lowest BCUT2D eigenvalue weighted by atomic mass is 9.98. The van der Waals surface area contributed by atoms with Crippen LogP contribution in [-0.4, -0.2) is 20.3 Å². The summed E-state index contributed by atoms with van der Waals surface area (Å²) in [6.07, 6.45) is -4.32. The summed E-state index contributed by atoms with van der Waals surface area (Å²) < 4.78 is 42.3. The van der Waals surface area contributed by atoms with Crippen molar-refractivity contribution in [3.05, 3.63) is 35.4 Å². The highest BCUT2D eigenvalue weighted by molar-refractivity contribution is 5.28. The first-order chi connectivity index (χ1) is 7.49. The predicted molar refractivity (Wildman–Crippen MR) is 55.1 cm³/mol. The Morgan fingerprint density at radius 2 is 2.06 bits per heavy atom. The van der Waals surface area contributed by atoms with Crippen LogP contribution in [0, 0.1) is 0 Å². The van der Waals surface area contributed by atoms with E-state index in [1.807, 2.05) is 0 Å². The highest BCUT2D eigenvalue weighted by Gasteiger charge is 2.30. The first-order valence-corrected chi connectivity index (χ1v) is 4.85. The molecule has 0 aromatic heterocycles. The Morgan fingerprint density at radius 1 is 1.38 bits per heavy atom. The molecule has 0 spiro atoms. The molecule has 0 amide bonds. The van der Waals surface area contributed by atoms with Gasteiger partial charge >= 0.3 is 6.18 Å². The molecular weight excluding hydrogens is 219 g/mol. The van der Waals surface area contributed by atoms with Crippen molar-refractivity contribution >= 4 is 0 Å². The maximum absolute atomic E-state index is 12.5. The van der Waals surface area contributed by atoms with Crippen molar-refractivity contribution in [2.75, 3.05) is 20.3 Å². The van der Waals surface area contributed by atoms with Crippen LogP contribution in [0.15, 0.2) is 24.3 Å². The van der Waals surface area contributed by atoms with Gasteiger partial charge in [0.25, 0.3) is 0 Å². The number of rotatable bonds is 4. The van der Waals surface area contributed by atoms with Crippen molar-refractivity contribution in [2.45, 2.75) is 12.1 Å². The standard InChI is InChI=1S/C11H14F3NO/c1-16-7-9(6-15)8-3-2-4-10(5-8)11(12,13)14/h2-5,9H,6-7,15H2,1H3. The minimum Gasteiger partial charge on any atom is -0.384 e. The van der Waals surface area contributed by atoms with Gasteiger partial charge in [-0.15, -0.1) is 0 Å². The molecule has 0 radical (unpaired) electrons. The highest BCUT2D eigenvalue weighted by Crippen LogP contribution is 2.30. The van der Waals surface area contributed by atoms with Crippen LogP contribution in [0.4, 0.5) is 13.2 Å². The summed E-state index contributed by atoms with van der Waals surface area (Å²) >= 11 is 0. The Kier molecular flexibility index (Phi) is 4.32. The molecule has 0 saturated carbocycles. The summed E-state index contributed by atoms with van der Waals surface area (Å²) in [5.41, 5.74) is 5.39. The maximum Gasteiger partial charge on any atom is 0.416 e. The SMILES string of the molecule is COCC(CN)c1cccc(C(F)(F)F)c1. The molecule has 90 valence electrons. The van der Waals surface area contributed by atoms with Crippen molar-refractivity contribution in [2.24, 2.45) is 5.73 Å². The Hall–Kier alpha value is -1.07. The Balaban J connectivity index is 2.97. The smallest absolute Gasteiger partial charge is 0.384 e. The summed E-state index contributed by atoms with van der Waals surface area (Å²) in [6, 6.07) is 5.18. The molecule has 0 aliphatic carbocycles. The summed E-state index contributed by atoms with van der Waals surface area (Å²) in [5.74, 6) is -0.202. The lowest BCUT2D eigenvalue weighted by molar-refractivity contribution is -0.137. The zero-order valence-corrected chi connectivity index (χ0v) is 8.92. The van der Waals surface area contributed by atoms with E-state index in [0.29, 0.717) is 12.2 Å². The summed E-state index contributed by atoms with van der Waals surface area (Å²) in [4.78, 5) is 0. The molecule has 1 atom stereocenters. The first kappa shape index (κ1) is 13.0. The van der Waals surface area contributed by atoms with Crippen LogP contribution in [0.5, 0.6) is 0 Å². The molecule has 0 bridgehead atoms. The van der Waals surface area contributed by atoms with Crippen LogP contribution in [0.2, 0.25) is 0 Å². The van der Waals surface area contributed by atoms with E-state index in [-0.39, 0.29) is 12.5 Å². The van der Waals surface area contributed by atoms with Gasteiger partial charge in [0.1, 0.15) is 0 Å². The molecule has 0 saturated heterocycles. The van der Waals surface area contributed by atoms with Crippen molar-refractivity contribution in [1.29, 1.82) is 0 Å². The van der Waals surface area contributed by atoms with Crippen LogP contribution in [0.3, 0.4) is 0 Å². The molecule has 1 unspecified atom stereocenters. The predicted octanol–water partition coefficient (Wildman–Crippen LogP) is 2.39. The number of hydrogen-bond acceptors (Lipinski definition) is 2. The van der Waals surface area contributed by atoms with Gasteiger partial charge < -0.3 is 10.5 Å². The molecule has 2 N–H and O–H groups in total. The first-order valence-electron chi connectivity index (χ1n) is 4.85. The summed E-state index contributed by atoms with van der Waals surface area (Å²) in [6.45, 7) is 0.576. The van der Waals surface area contributed by atoms with Gasteiger partial charge in [-0.3, -0.25) is 0 Å². The number of hydrogen-bond donors (Lipinski definition) is 1. The molecule has 0 aliphatic heterocycles. The fourth-order valence-corrected chi connectivity index (χ4v) is 1.47. The number of alkyl halides is 3. The number of benzene rings is 1. The number of nitrogens with two attached hydrogens (primary N) is 1. The van der Waals surface area contributed by atoms with E-state index in [2.05, 4.69) is 0 Å². The van der Waals surface area contributed by atoms with Crippen LogP contribution >= 0.6 is 0 Å². The van der Waals surface area contributed by atoms with E-state index >= 15 is 0 Å². The summed E-state index contributed by atoms with van der Waals surface area (Å²) in [7, 11) is 1.50. The molecule has 16 heavy (non-hydrogen) atoms. The second-order valence-corrected chi connectivity index (χ2v) is 3.51. The Bertz CT molecular complexity index is 338. The van der Waals surface area contributed by atoms with Gasteiger partial charge in [0, 0.05) is 19.6 Å². The van der Waals surface area contributed by atoms with Crippen LogP contribution in [-0.2, 0) is 10.9 Å². The monoisotopic (exact) mass is 233 g/mol. The molecule has 5 heteroatoms. The van der Waals surface area contributed by atoms with E-state index in [0.717, 1.165) is 12.1 Å². The highest BCUT2D eigenvalue weighted by atomic mass is 19.4. The van der Waals surface area contributed by atoms with Crippen LogP contribution in [0.1, 0.15) is 17.0 Å². The molecule has 1 aromatic rings. The number of halogens is 3. The lowest BCUT2D eigenvalue weighted by Gasteiger charge is -2.16. The third-order valence-electron chi connectivity index (χ3n) is 2.34.